The zero-order valence-electron chi connectivity index (χ0n) is 50.4. The van der Waals surface area contributed by atoms with Gasteiger partial charge in [-0.05, 0) is 36.2 Å². The molecule has 1 aromatic carbocycles. The van der Waals surface area contributed by atoms with Gasteiger partial charge in [-0.1, -0.05) is 85.2 Å². The molecule has 1 saturated heterocycles. The fraction of sp³-hybridized carbons (Fsp3) is 0.707. The molecule has 1 aromatic rings. The maximum absolute atomic E-state index is 14.7. The number of nitrogens with zero attached hydrogens (tertiary/aromatic N) is 3. The normalized spacial score (nSPS) is 16.0. The zero-order chi connectivity index (χ0) is 61.3. The van der Waals surface area contributed by atoms with Crippen LogP contribution in [0.1, 0.15) is 92.6 Å². The summed E-state index contributed by atoms with van der Waals surface area (Å²) in [6, 6.07) is 5.27. The fourth-order valence-corrected chi connectivity index (χ4v) is 9.75. The van der Waals surface area contributed by atoms with Crippen molar-refractivity contribution in [2.45, 2.75) is 136 Å². The lowest BCUT2D eigenvalue weighted by molar-refractivity contribution is -0.149. The van der Waals surface area contributed by atoms with Gasteiger partial charge in [0.15, 0.2) is 0 Å². The van der Waals surface area contributed by atoms with Crippen molar-refractivity contribution in [3.63, 3.8) is 0 Å². The molecule has 0 aliphatic carbocycles. The van der Waals surface area contributed by atoms with Crippen LogP contribution in [0.2, 0.25) is 0 Å². The molecule has 24 heteroatoms. The third-order valence-corrected chi connectivity index (χ3v) is 14.4. The van der Waals surface area contributed by atoms with Crippen LogP contribution in [0.15, 0.2) is 30.3 Å². The first kappa shape index (κ1) is 71.9. The molecule has 6 N–H and O–H groups in total. The standard InChI is InChI=1S/C58H94N8O16/c1-13-40(6)53(45(77-10)37-50(72)66-28-17-20-44(66)54(78-11)41(7)55(73)62-43(58(76)79-12)36-42-18-15-14-16-19-42)65(9)57(75)51(38(2)3)63-56(74)52(39(4)5)64(8)49(71)24-31-81-33-26-60-47(69)22-21-46(68)59-25-32-80-30-23-48(70)61-27-34-82-35-29-67/h14-16,18-19,38-41,43-45,51-54,67H,13,17,20,23-37H2,1-12H3,(H,59,68)(H,60,69)(H,61,70)(H,62,73)(H,63,74)/t40-,41+,43-,44-,45+,51-,52-,53-,54+/m0/s1. The summed E-state index contributed by atoms with van der Waals surface area (Å²) in [5.41, 5.74) is 0.840. The van der Waals surface area contributed by atoms with Gasteiger partial charge in [0.1, 0.15) is 18.1 Å². The van der Waals surface area contributed by atoms with Crippen LogP contribution in [0.25, 0.3) is 0 Å². The molecule has 1 aliphatic rings. The summed E-state index contributed by atoms with van der Waals surface area (Å²) < 4.78 is 33.0. The van der Waals surface area contributed by atoms with Gasteiger partial charge in [-0.25, -0.2) is 4.79 Å². The van der Waals surface area contributed by atoms with Crippen molar-refractivity contribution in [2.75, 3.05) is 108 Å². The number of esters is 1. The number of carbonyl (C=O) groups excluding carboxylic acids is 9. The number of amides is 8. The number of hydrogen-bond acceptors (Lipinski definition) is 16. The summed E-state index contributed by atoms with van der Waals surface area (Å²) in [5, 5.41) is 22.1. The molecule has 82 heavy (non-hydrogen) atoms. The molecule has 8 amide bonds. The minimum atomic E-state index is -1.02. The third kappa shape index (κ3) is 24.7. The van der Waals surface area contributed by atoms with E-state index < -0.39 is 89.7 Å². The number of methoxy groups -OCH3 is 3. The van der Waals surface area contributed by atoms with Crippen LogP contribution >= 0.6 is 0 Å². The van der Waals surface area contributed by atoms with Gasteiger partial charge in [0, 0.05) is 79.2 Å². The van der Waals surface area contributed by atoms with Crippen molar-refractivity contribution in [1.29, 1.82) is 0 Å². The molecule has 0 bridgehead atoms. The highest BCUT2D eigenvalue weighted by Gasteiger charge is 2.44. The number of hydrogen-bond donors (Lipinski definition) is 6. The van der Waals surface area contributed by atoms with E-state index in [1.807, 2.05) is 58.0 Å². The van der Waals surface area contributed by atoms with E-state index in [4.69, 9.17) is 33.5 Å². The molecular formula is C58H94N8O16. The Morgan fingerprint density at radius 2 is 1.30 bits per heavy atom. The summed E-state index contributed by atoms with van der Waals surface area (Å²) in [4.78, 5) is 124. The topological polar surface area (TPSA) is 299 Å². The first-order valence-electron chi connectivity index (χ1n) is 28.4. The summed E-state index contributed by atoms with van der Waals surface area (Å²) >= 11 is 0. The number of aliphatic hydroxyl groups excluding tert-OH is 1. The Morgan fingerprint density at radius 3 is 1.84 bits per heavy atom. The lowest BCUT2D eigenvalue weighted by Crippen LogP contribution is -2.60. The second kappa shape index (κ2) is 39.3. The summed E-state index contributed by atoms with van der Waals surface area (Å²) in [6.45, 7) is 14.4. The van der Waals surface area contributed by atoms with E-state index in [0.717, 1.165) is 5.56 Å². The van der Waals surface area contributed by atoms with Crippen molar-refractivity contribution in [3.8, 4) is 11.8 Å². The highest BCUT2D eigenvalue weighted by Crippen LogP contribution is 2.30. The van der Waals surface area contributed by atoms with Crippen LogP contribution in [-0.4, -0.2) is 223 Å². The predicted octanol–water partition coefficient (Wildman–Crippen LogP) is 0.605. The molecule has 1 aliphatic heterocycles. The molecule has 0 saturated carbocycles. The molecule has 0 radical (unpaired) electrons. The molecule has 24 nitrogen and oxygen atoms in total. The highest BCUT2D eigenvalue weighted by molar-refractivity contribution is 6.02. The average Bonchev–Trinajstić information content (AvgIpc) is 4.11. The summed E-state index contributed by atoms with van der Waals surface area (Å²) in [5.74, 6) is -1.53. The van der Waals surface area contributed by atoms with Gasteiger partial charge >= 0.3 is 5.97 Å². The van der Waals surface area contributed by atoms with E-state index in [9.17, 15) is 43.2 Å². The second-order valence-corrected chi connectivity index (χ2v) is 21.0. The third-order valence-electron chi connectivity index (χ3n) is 14.4. The molecule has 462 valence electrons. The Morgan fingerprint density at radius 1 is 0.720 bits per heavy atom. The molecule has 2 rings (SSSR count). The Balaban J connectivity index is 1.99. The number of rotatable bonds is 38. The van der Waals surface area contributed by atoms with Crippen LogP contribution in [0.3, 0.4) is 0 Å². The number of benzene rings is 1. The van der Waals surface area contributed by atoms with Crippen molar-refractivity contribution >= 4 is 53.2 Å². The van der Waals surface area contributed by atoms with Gasteiger partial charge in [-0.3, -0.25) is 38.4 Å². The number of nitrogens with one attached hydrogen (secondary N) is 5. The molecule has 1 heterocycles. The van der Waals surface area contributed by atoms with Crippen LogP contribution in [-0.2, 0) is 78.0 Å². The van der Waals surface area contributed by atoms with Gasteiger partial charge in [-0.2, -0.15) is 0 Å². The van der Waals surface area contributed by atoms with Crippen molar-refractivity contribution < 1.29 is 76.7 Å². The fourth-order valence-electron chi connectivity index (χ4n) is 9.75. The maximum Gasteiger partial charge on any atom is 0.328 e. The number of likely N-dealkylation sites (tertiary alicyclic amines) is 1. The number of aliphatic hydroxyl groups is 1. The van der Waals surface area contributed by atoms with Crippen LogP contribution < -0.4 is 26.6 Å². The first-order valence-corrected chi connectivity index (χ1v) is 28.4. The van der Waals surface area contributed by atoms with E-state index in [2.05, 4.69) is 38.4 Å². The molecule has 1 fully saturated rings. The van der Waals surface area contributed by atoms with Crippen molar-refractivity contribution in [2.24, 2.45) is 23.7 Å². The van der Waals surface area contributed by atoms with E-state index in [0.29, 0.717) is 32.4 Å². The van der Waals surface area contributed by atoms with Gasteiger partial charge in [-0.15, -0.1) is 0 Å². The number of ether oxygens (including phenoxy) is 6. The van der Waals surface area contributed by atoms with Crippen molar-refractivity contribution in [1.82, 2.24) is 41.3 Å². The van der Waals surface area contributed by atoms with Gasteiger partial charge in [0.05, 0.1) is 96.4 Å². The molecule has 9 atom stereocenters. The molecular weight excluding hydrogens is 1060 g/mol. The predicted molar refractivity (Wildman–Crippen MR) is 304 cm³/mol. The lowest BCUT2D eigenvalue weighted by Gasteiger charge is -2.41. The monoisotopic (exact) mass is 1160 g/mol. The van der Waals surface area contributed by atoms with E-state index in [1.165, 1.54) is 33.3 Å². The summed E-state index contributed by atoms with van der Waals surface area (Å²) in [7, 11) is 7.40. The lowest BCUT2D eigenvalue weighted by atomic mass is 9.89. The smallest absolute Gasteiger partial charge is 0.328 e. The highest BCUT2D eigenvalue weighted by atomic mass is 16.5. The quantitative estimate of drug-likeness (QED) is 0.0300. The average molecular weight is 1160 g/mol. The second-order valence-electron chi connectivity index (χ2n) is 21.0. The van der Waals surface area contributed by atoms with Gasteiger partial charge < -0.3 is 74.8 Å². The largest absolute Gasteiger partial charge is 0.467 e. The Kier molecular flexibility index (Phi) is 34.4. The Hall–Kier alpha value is -6.23. The van der Waals surface area contributed by atoms with E-state index >= 15 is 0 Å². The number of carbonyl (C=O) groups is 9. The minimum Gasteiger partial charge on any atom is -0.467 e. The van der Waals surface area contributed by atoms with E-state index in [1.54, 1.807) is 37.6 Å². The Labute approximate surface area is 484 Å². The van der Waals surface area contributed by atoms with Crippen LogP contribution in [0.4, 0.5) is 0 Å². The maximum atomic E-state index is 14.7. The minimum absolute atomic E-state index is 0.0269. The number of likely N-dealkylation sites (N-methyl/N-ethyl adjacent to an activating group) is 2. The Bertz CT molecular complexity index is 2230. The zero-order valence-corrected chi connectivity index (χ0v) is 50.4. The summed E-state index contributed by atoms with van der Waals surface area (Å²) in [6.07, 6.45) is 0.532. The molecule has 0 unspecified atom stereocenters. The van der Waals surface area contributed by atoms with Gasteiger partial charge in [0.25, 0.3) is 11.8 Å². The molecule has 0 aromatic heterocycles. The molecule has 0 spiro atoms. The van der Waals surface area contributed by atoms with Gasteiger partial charge in [0.2, 0.25) is 35.4 Å². The first-order chi connectivity index (χ1) is 39.1. The SMILES string of the molecule is CC[C@H](C)[C@@H]([C@@H](CC(=O)N1CCC[C@H]1[C@H](OC)[C@@H](C)C(=O)N[C@@H](Cc1ccccc1)C(=O)OC)OC)N(C)C(=O)[C@@H](NC(=O)[C@H](C(C)C)N(C)C(=O)CCOCCNC(=O)C#CC(=O)NCCOCCC(=O)NCCOCCO)C(C)C. The van der Waals surface area contributed by atoms with Crippen LogP contribution in [0, 0.1) is 35.5 Å². The van der Waals surface area contributed by atoms with Crippen molar-refractivity contribution in [3.05, 3.63) is 35.9 Å². The van der Waals surface area contributed by atoms with Crippen LogP contribution in [0.5, 0.6) is 0 Å². The van der Waals surface area contributed by atoms with E-state index in [-0.39, 0.29) is 115 Å².